The molecule has 0 radical (unpaired) electrons. The average Bonchev–Trinajstić information content (AvgIpc) is 2.67. The molecule has 1 heterocycles. The molecule has 0 fully saturated rings. The van der Waals surface area contributed by atoms with Crippen LogP contribution in [0.1, 0.15) is 18.3 Å². The van der Waals surface area contributed by atoms with Crippen LogP contribution >= 0.6 is 0 Å². The zero-order chi connectivity index (χ0) is 19.2. The molecule has 0 saturated carbocycles. The van der Waals surface area contributed by atoms with Crippen LogP contribution < -0.4 is 15.0 Å². The number of ether oxygens (including phenoxy) is 2. The molecule has 0 saturated heterocycles. The molecule has 6 heteroatoms. The van der Waals surface area contributed by atoms with Crippen molar-refractivity contribution in [1.29, 1.82) is 0 Å². The summed E-state index contributed by atoms with van der Waals surface area (Å²) in [5.41, 5.74) is 1.19. The monoisotopic (exact) mass is 361 g/mol. The number of hydrogen-bond donors (Lipinski definition) is 0. The van der Waals surface area contributed by atoms with Crippen LogP contribution in [0.4, 0.5) is 0 Å². The van der Waals surface area contributed by atoms with E-state index in [-0.39, 0.29) is 12.2 Å². The van der Waals surface area contributed by atoms with Gasteiger partial charge in [-0.15, -0.1) is 6.42 Å². The van der Waals surface area contributed by atoms with E-state index < -0.39 is 0 Å². The molecule has 0 bridgehead atoms. The minimum absolute atomic E-state index is 0.158. The molecule has 27 heavy (non-hydrogen) atoms. The fourth-order valence-electron chi connectivity index (χ4n) is 2.61. The molecule has 136 valence electrons. The van der Waals surface area contributed by atoms with Crippen molar-refractivity contribution in [3.05, 3.63) is 64.2 Å². The molecular weight excluding hydrogens is 342 g/mol. The molecule has 3 rings (SSSR count). The van der Waals surface area contributed by atoms with Crippen LogP contribution in [-0.2, 0) is 0 Å². The first-order valence-corrected chi connectivity index (χ1v) is 8.50. The SMILES string of the molecule is C#CCOc1ccc(C=Nn2c(C)nc3ccccc3c2=O)cc1OCC. The van der Waals surface area contributed by atoms with E-state index >= 15 is 0 Å². The standard InChI is InChI=1S/C21H19N3O3/c1-4-12-27-19-11-10-16(13-20(19)26-5-2)14-22-24-15(3)23-18-9-7-6-8-17(18)21(24)25/h1,6-11,13-14H,5,12H2,2-3H3. The van der Waals surface area contributed by atoms with Crippen LogP contribution in [0, 0.1) is 19.3 Å². The van der Waals surface area contributed by atoms with Gasteiger partial charge >= 0.3 is 0 Å². The molecule has 0 N–H and O–H groups in total. The molecule has 0 aliphatic heterocycles. The number of aryl methyl sites for hydroxylation is 1. The molecule has 0 unspecified atom stereocenters. The van der Waals surface area contributed by atoms with Crippen LogP contribution in [0.25, 0.3) is 10.9 Å². The van der Waals surface area contributed by atoms with E-state index in [1.54, 1.807) is 43.5 Å². The lowest BCUT2D eigenvalue weighted by Crippen LogP contribution is -2.20. The van der Waals surface area contributed by atoms with Crippen molar-refractivity contribution in [2.24, 2.45) is 5.10 Å². The summed E-state index contributed by atoms with van der Waals surface area (Å²) in [5, 5.41) is 4.83. The van der Waals surface area contributed by atoms with Crippen molar-refractivity contribution in [2.45, 2.75) is 13.8 Å². The largest absolute Gasteiger partial charge is 0.490 e. The number of fused-ring (bicyclic) bond motifs is 1. The van der Waals surface area contributed by atoms with Gasteiger partial charge in [0.2, 0.25) is 0 Å². The van der Waals surface area contributed by atoms with Gasteiger partial charge in [-0.1, -0.05) is 18.1 Å². The van der Waals surface area contributed by atoms with Gasteiger partial charge in [0.15, 0.2) is 11.5 Å². The summed E-state index contributed by atoms with van der Waals surface area (Å²) in [6.07, 6.45) is 6.82. The Hall–Kier alpha value is -3.59. The van der Waals surface area contributed by atoms with Crippen molar-refractivity contribution < 1.29 is 9.47 Å². The third-order valence-corrected chi connectivity index (χ3v) is 3.82. The summed E-state index contributed by atoms with van der Waals surface area (Å²) in [5.74, 6) is 4.06. The Labute approximate surface area is 157 Å². The smallest absolute Gasteiger partial charge is 0.282 e. The zero-order valence-electron chi connectivity index (χ0n) is 15.2. The minimum Gasteiger partial charge on any atom is -0.490 e. The molecule has 3 aromatic rings. The number of hydrogen-bond acceptors (Lipinski definition) is 5. The van der Waals surface area contributed by atoms with Crippen LogP contribution in [0.5, 0.6) is 11.5 Å². The second-order valence-corrected chi connectivity index (χ2v) is 5.67. The Balaban J connectivity index is 1.96. The highest BCUT2D eigenvalue weighted by atomic mass is 16.5. The normalized spacial score (nSPS) is 10.9. The summed E-state index contributed by atoms with van der Waals surface area (Å²) in [7, 11) is 0. The van der Waals surface area contributed by atoms with Crippen molar-refractivity contribution >= 4 is 17.1 Å². The lowest BCUT2D eigenvalue weighted by atomic mass is 10.2. The molecule has 0 atom stereocenters. The molecular formula is C21H19N3O3. The topological polar surface area (TPSA) is 65.7 Å². The molecule has 0 amide bonds. The Morgan fingerprint density at radius 2 is 2.04 bits per heavy atom. The number of aromatic nitrogens is 2. The maximum atomic E-state index is 12.7. The first-order chi connectivity index (χ1) is 13.1. The first-order valence-electron chi connectivity index (χ1n) is 8.50. The maximum absolute atomic E-state index is 12.7. The maximum Gasteiger partial charge on any atom is 0.282 e. The van der Waals surface area contributed by atoms with Gasteiger partial charge in [0.1, 0.15) is 12.4 Å². The lowest BCUT2D eigenvalue weighted by Gasteiger charge is -2.11. The highest BCUT2D eigenvalue weighted by Crippen LogP contribution is 2.28. The number of nitrogens with zero attached hydrogens (tertiary/aromatic N) is 3. The third kappa shape index (κ3) is 3.98. The Bertz CT molecular complexity index is 1090. The van der Waals surface area contributed by atoms with E-state index in [0.29, 0.717) is 34.8 Å². The predicted octanol–water partition coefficient (Wildman–Crippen LogP) is 3.00. The highest BCUT2D eigenvalue weighted by Gasteiger charge is 2.08. The Morgan fingerprint density at radius 3 is 2.81 bits per heavy atom. The molecule has 0 aliphatic rings. The van der Waals surface area contributed by atoms with Crippen LogP contribution in [0.3, 0.4) is 0 Å². The van der Waals surface area contributed by atoms with Gasteiger partial charge in [-0.3, -0.25) is 4.79 Å². The minimum atomic E-state index is -0.214. The van der Waals surface area contributed by atoms with Crippen molar-refractivity contribution in [2.75, 3.05) is 13.2 Å². The van der Waals surface area contributed by atoms with E-state index in [2.05, 4.69) is 16.0 Å². The van der Waals surface area contributed by atoms with E-state index in [4.69, 9.17) is 15.9 Å². The fraction of sp³-hybridized carbons (Fsp3) is 0.190. The fourth-order valence-corrected chi connectivity index (χ4v) is 2.61. The number of benzene rings is 2. The van der Waals surface area contributed by atoms with Gasteiger partial charge in [0.05, 0.1) is 23.7 Å². The number of rotatable bonds is 6. The van der Waals surface area contributed by atoms with Crippen LogP contribution in [0.15, 0.2) is 52.4 Å². The van der Waals surface area contributed by atoms with Gasteiger partial charge in [-0.2, -0.15) is 9.78 Å². The van der Waals surface area contributed by atoms with Crippen molar-refractivity contribution in [3.63, 3.8) is 0 Å². The molecule has 6 nitrogen and oxygen atoms in total. The zero-order valence-corrected chi connectivity index (χ0v) is 15.2. The Kier molecular flexibility index (Phi) is 5.53. The quantitative estimate of drug-likeness (QED) is 0.500. The predicted molar refractivity (Wildman–Crippen MR) is 106 cm³/mol. The number of terminal acetylenes is 1. The van der Waals surface area contributed by atoms with Gasteiger partial charge in [0, 0.05) is 0 Å². The second kappa shape index (κ2) is 8.19. The van der Waals surface area contributed by atoms with Gasteiger partial charge in [-0.05, 0) is 49.7 Å². The van der Waals surface area contributed by atoms with E-state index in [0.717, 1.165) is 5.56 Å². The molecule has 2 aromatic carbocycles. The molecule has 1 aromatic heterocycles. The number of para-hydroxylation sites is 1. The third-order valence-electron chi connectivity index (χ3n) is 3.82. The van der Waals surface area contributed by atoms with Gasteiger partial charge in [-0.25, -0.2) is 4.98 Å². The summed E-state index contributed by atoms with van der Waals surface area (Å²) < 4.78 is 12.4. The van der Waals surface area contributed by atoms with E-state index in [9.17, 15) is 4.79 Å². The highest BCUT2D eigenvalue weighted by molar-refractivity contribution is 5.81. The van der Waals surface area contributed by atoms with Crippen LogP contribution in [0.2, 0.25) is 0 Å². The van der Waals surface area contributed by atoms with Gasteiger partial charge in [0.25, 0.3) is 5.56 Å². The summed E-state index contributed by atoms with van der Waals surface area (Å²) in [6, 6.07) is 12.6. The Morgan fingerprint density at radius 1 is 1.22 bits per heavy atom. The van der Waals surface area contributed by atoms with E-state index in [1.807, 2.05) is 19.1 Å². The van der Waals surface area contributed by atoms with E-state index in [1.165, 1.54) is 4.68 Å². The summed E-state index contributed by atoms with van der Waals surface area (Å²) in [6.45, 7) is 4.27. The molecule has 0 aliphatic carbocycles. The first kappa shape index (κ1) is 18.2. The average molecular weight is 361 g/mol. The lowest BCUT2D eigenvalue weighted by molar-refractivity contribution is 0.299. The molecule has 0 spiro atoms. The summed E-state index contributed by atoms with van der Waals surface area (Å²) >= 11 is 0. The second-order valence-electron chi connectivity index (χ2n) is 5.67. The van der Waals surface area contributed by atoms with Crippen molar-refractivity contribution in [3.8, 4) is 23.8 Å². The van der Waals surface area contributed by atoms with Gasteiger partial charge < -0.3 is 9.47 Å². The summed E-state index contributed by atoms with van der Waals surface area (Å²) in [4.78, 5) is 17.1. The van der Waals surface area contributed by atoms with Crippen molar-refractivity contribution in [1.82, 2.24) is 9.66 Å². The van der Waals surface area contributed by atoms with Crippen LogP contribution in [-0.4, -0.2) is 29.1 Å².